The van der Waals surface area contributed by atoms with Crippen LogP contribution in [0.25, 0.3) is 11.3 Å². The summed E-state index contributed by atoms with van der Waals surface area (Å²) in [5.41, 5.74) is 3.52. The number of benzene rings is 2. The van der Waals surface area contributed by atoms with Crippen molar-refractivity contribution in [2.24, 2.45) is 11.8 Å². The number of alkyl carbamates (subject to hydrolysis) is 2. The molecule has 5 rings (SSSR count). The normalized spacial score (nSPS) is 18.0. The van der Waals surface area contributed by atoms with Gasteiger partial charge in [-0.3, -0.25) is 14.4 Å². The van der Waals surface area contributed by atoms with Crippen LogP contribution in [-0.2, 0) is 36.9 Å². The Morgan fingerprint density at radius 3 is 1.93 bits per heavy atom. The Hall–Kier alpha value is -5.40. The van der Waals surface area contributed by atoms with Crippen LogP contribution < -0.4 is 15.4 Å². The van der Waals surface area contributed by atoms with E-state index in [1.807, 2.05) is 76.2 Å². The third kappa shape index (κ3) is 9.57. The lowest BCUT2D eigenvalue weighted by molar-refractivity contribution is -0.139. The highest BCUT2D eigenvalue weighted by Crippen LogP contribution is 2.33. The van der Waals surface area contributed by atoms with Crippen LogP contribution in [-0.4, -0.2) is 95.0 Å². The van der Waals surface area contributed by atoms with Gasteiger partial charge in [-0.15, -0.1) is 0 Å². The summed E-state index contributed by atoms with van der Waals surface area (Å²) in [6.07, 6.45) is 3.57. The number of aromatic amines is 1. The number of nitrogens with one attached hydrogen (secondary N) is 3. The summed E-state index contributed by atoms with van der Waals surface area (Å²) in [6.45, 7) is 8.86. The molecule has 3 heterocycles. The van der Waals surface area contributed by atoms with Crippen molar-refractivity contribution in [2.75, 3.05) is 27.3 Å². The number of likely N-dealkylation sites (tertiary alicyclic amines) is 2. The number of H-pyrrole nitrogens is 1. The summed E-state index contributed by atoms with van der Waals surface area (Å²) in [7, 11) is 2.53. The van der Waals surface area contributed by atoms with Gasteiger partial charge in [-0.25, -0.2) is 14.6 Å². The van der Waals surface area contributed by atoms with Crippen LogP contribution >= 0.6 is 0 Å². The molecule has 2 aliphatic heterocycles. The van der Waals surface area contributed by atoms with Crippen LogP contribution in [0.2, 0.25) is 0 Å². The van der Waals surface area contributed by atoms with Crippen LogP contribution in [0, 0.1) is 11.8 Å². The topological polar surface area (TPSA) is 172 Å². The average Bonchev–Trinajstić information content (AvgIpc) is 3.96. The Morgan fingerprint density at radius 2 is 1.33 bits per heavy atom. The van der Waals surface area contributed by atoms with Crippen molar-refractivity contribution < 1.29 is 38.2 Å². The molecule has 14 heteroatoms. The number of imidazole rings is 1. The molecule has 2 aliphatic rings. The fourth-order valence-electron chi connectivity index (χ4n) is 7.06. The van der Waals surface area contributed by atoms with Crippen molar-refractivity contribution in [3.05, 3.63) is 71.7 Å². The maximum atomic E-state index is 13.5. The smallest absolute Gasteiger partial charge is 0.407 e. The van der Waals surface area contributed by atoms with Gasteiger partial charge in [0, 0.05) is 19.5 Å². The van der Waals surface area contributed by atoms with E-state index >= 15 is 0 Å². The summed E-state index contributed by atoms with van der Waals surface area (Å²) in [5, 5.41) is 5.29. The van der Waals surface area contributed by atoms with Crippen LogP contribution in [0.1, 0.15) is 76.4 Å². The number of carbonyl (C=O) groups is 5. The van der Waals surface area contributed by atoms with E-state index < -0.39 is 30.3 Å². The van der Waals surface area contributed by atoms with Crippen molar-refractivity contribution >= 4 is 29.8 Å². The number of nitrogens with zero attached hydrogens (tertiary/aromatic N) is 3. The monoisotopic (exact) mass is 744 g/mol. The van der Waals surface area contributed by atoms with Crippen LogP contribution in [0.3, 0.4) is 0 Å². The van der Waals surface area contributed by atoms with Gasteiger partial charge in [-0.2, -0.15) is 0 Å². The molecule has 4 atom stereocenters. The van der Waals surface area contributed by atoms with E-state index in [1.165, 1.54) is 14.2 Å². The molecule has 0 saturated carbocycles. The molecule has 1 aromatic heterocycles. The Labute approximate surface area is 316 Å². The highest BCUT2D eigenvalue weighted by atomic mass is 16.5. The van der Waals surface area contributed by atoms with Crippen LogP contribution in [0.5, 0.6) is 5.75 Å². The number of ketones is 1. The molecule has 2 fully saturated rings. The molecule has 0 spiro atoms. The minimum atomic E-state index is -0.769. The third-order valence-corrected chi connectivity index (χ3v) is 10.1. The predicted molar refractivity (Wildman–Crippen MR) is 200 cm³/mol. The van der Waals surface area contributed by atoms with E-state index in [0.717, 1.165) is 41.6 Å². The van der Waals surface area contributed by atoms with Gasteiger partial charge in [0.1, 0.15) is 30.3 Å². The van der Waals surface area contributed by atoms with Crippen molar-refractivity contribution in [3.8, 4) is 17.0 Å². The zero-order chi connectivity index (χ0) is 38.9. The van der Waals surface area contributed by atoms with Gasteiger partial charge in [0.25, 0.3) is 0 Å². The molecule has 4 amide bonds. The molecule has 2 saturated heterocycles. The minimum absolute atomic E-state index is 0.0309. The second-order valence-electron chi connectivity index (χ2n) is 14.5. The van der Waals surface area contributed by atoms with E-state index in [4.69, 9.17) is 14.2 Å². The number of carbonyl (C=O) groups excluding carboxylic acids is 5. The second kappa shape index (κ2) is 18.1. The molecular weight excluding hydrogens is 692 g/mol. The average molecular weight is 745 g/mol. The standard InChI is InChI=1S/C40H52N6O8/c1-24(2)34(43-39(50)52-5)37(48)45-19-7-9-31(45)33(47)21-26-11-13-27(14-12-26)23-54-29-17-15-28(16-18-29)30-22-41-36(42-30)32-10-8-20-46(32)38(49)35(25(3)4)44-40(51)53-6/h11-18,22,24-25,31-32,34-35H,7-10,19-21,23H2,1-6H3,(H,41,42)(H,43,50)(H,44,51)/t31-,32-,34-,35-/m0/s1. The van der Waals surface area contributed by atoms with E-state index in [1.54, 1.807) is 16.0 Å². The number of rotatable bonds is 14. The fraction of sp³-hybridized carbons (Fsp3) is 0.500. The van der Waals surface area contributed by atoms with E-state index in [-0.39, 0.29) is 41.9 Å². The molecule has 290 valence electrons. The van der Waals surface area contributed by atoms with Gasteiger partial charge in [0.15, 0.2) is 5.78 Å². The van der Waals surface area contributed by atoms with Crippen molar-refractivity contribution in [3.63, 3.8) is 0 Å². The number of hydrogen-bond acceptors (Lipinski definition) is 9. The lowest BCUT2D eigenvalue weighted by atomic mass is 9.99. The molecule has 0 bridgehead atoms. The summed E-state index contributed by atoms with van der Waals surface area (Å²) in [5.74, 6) is 0.657. The largest absolute Gasteiger partial charge is 0.489 e. The van der Waals surface area contributed by atoms with Crippen molar-refractivity contribution in [1.82, 2.24) is 30.4 Å². The SMILES string of the molecule is COC(=O)N[C@H](C(=O)N1CCC[C@H]1C(=O)Cc1ccc(COc2ccc(-c3cnc([C@@H]4CCCN4C(=O)[C@@H](NC(=O)OC)C(C)C)[nH]3)cc2)cc1)C(C)C. The number of aromatic nitrogens is 2. The molecule has 0 unspecified atom stereocenters. The Bertz CT molecular complexity index is 1770. The third-order valence-electron chi connectivity index (χ3n) is 10.1. The first kappa shape index (κ1) is 39.8. The van der Waals surface area contributed by atoms with Crippen LogP contribution in [0.4, 0.5) is 9.59 Å². The number of ether oxygens (including phenoxy) is 3. The van der Waals surface area contributed by atoms with Gasteiger partial charge in [-0.1, -0.05) is 52.0 Å². The van der Waals surface area contributed by atoms with Gasteiger partial charge >= 0.3 is 12.2 Å². The predicted octanol–water partition coefficient (Wildman–Crippen LogP) is 5.18. The van der Waals surface area contributed by atoms with Crippen molar-refractivity contribution in [2.45, 2.75) is 90.6 Å². The zero-order valence-electron chi connectivity index (χ0n) is 31.9. The van der Waals surface area contributed by atoms with E-state index in [0.29, 0.717) is 37.7 Å². The number of amides is 4. The molecule has 2 aromatic carbocycles. The molecule has 54 heavy (non-hydrogen) atoms. The van der Waals surface area contributed by atoms with Crippen LogP contribution in [0.15, 0.2) is 54.7 Å². The number of Topliss-reactive ketones (excluding diaryl/α,β-unsaturated/α-hetero) is 1. The fourth-order valence-corrected chi connectivity index (χ4v) is 7.06. The van der Waals surface area contributed by atoms with Gasteiger partial charge in [0.2, 0.25) is 11.8 Å². The Balaban J connectivity index is 1.13. The Morgan fingerprint density at radius 1 is 0.778 bits per heavy atom. The van der Waals surface area contributed by atoms with E-state index in [9.17, 15) is 24.0 Å². The number of methoxy groups -OCH3 is 2. The molecule has 3 aromatic rings. The first-order valence-corrected chi connectivity index (χ1v) is 18.6. The zero-order valence-corrected chi connectivity index (χ0v) is 31.9. The molecular formula is C40H52N6O8. The molecule has 0 aliphatic carbocycles. The van der Waals surface area contributed by atoms with Gasteiger partial charge in [-0.05, 0) is 78.5 Å². The van der Waals surface area contributed by atoms with Crippen molar-refractivity contribution in [1.29, 1.82) is 0 Å². The highest BCUT2D eigenvalue weighted by Gasteiger charge is 2.39. The summed E-state index contributed by atoms with van der Waals surface area (Å²) < 4.78 is 15.5. The second-order valence-corrected chi connectivity index (χ2v) is 14.5. The summed E-state index contributed by atoms with van der Waals surface area (Å²) >= 11 is 0. The lowest BCUT2D eigenvalue weighted by Crippen LogP contribution is -2.53. The number of hydrogen-bond donors (Lipinski definition) is 3. The molecule has 14 nitrogen and oxygen atoms in total. The quantitative estimate of drug-likeness (QED) is 0.201. The van der Waals surface area contributed by atoms with E-state index in [2.05, 4.69) is 20.6 Å². The molecule has 0 radical (unpaired) electrons. The summed E-state index contributed by atoms with van der Waals surface area (Å²) in [4.78, 5) is 75.3. The first-order valence-electron chi connectivity index (χ1n) is 18.6. The maximum absolute atomic E-state index is 13.5. The maximum Gasteiger partial charge on any atom is 0.407 e. The highest BCUT2D eigenvalue weighted by molar-refractivity contribution is 5.93. The van der Waals surface area contributed by atoms with Gasteiger partial charge < -0.3 is 39.6 Å². The molecule has 3 N–H and O–H groups in total. The Kier molecular flexibility index (Phi) is 13.3. The summed E-state index contributed by atoms with van der Waals surface area (Å²) in [6, 6.07) is 13.1. The minimum Gasteiger partial charge on any atom is -0.489 e. The lowest BCUT2D eigenvalue weighted by Gasteiger charge is -2.30. The van der Waals surface area contributed by atoms with Gasteiger partial charge in [0.05, 0.1) is 38.2 Å². The first-order chi connectivity index (χ1) is 25.9.